The third-order valence-corrected chi connectivity index (χ3v) is 5.17. The van der Waals surface area contributed by atoms with Crippen molar-refractivity contribution in [3.05, 3.63) is 29.5 Å². The molecule has 0 saturated heterocycles. The number of aromatic nitrogens is 1. The van der Waals surface area contributed by atoms with Crippen molar-refractivity contribution in [3.8, 4) is 5.75 Å². The van der Waals surface area contributed by atoms with Crippen LogP contribution in [0.3, 0.4) is 0 Å². The van der Waals surface area contributed by atoms with Crippen LogP contribution in [0.4, 0.5) is 0 Å². The van der Waals surface area contributed by atoms with E-state index in [-0.39, 0.29) is 5.41 Å². The van der Waals surface area contributed by atoms with Crippen LogP contribution in [0, 0.1) is 6.92 Å². The van der Waals surface area contributed by atoms with Crippen LogP contribution in [0.25, 0.3) is 10.9 Å². The summed E-state index contributed by atoms with van der Waals surface area (Å²) in [5.41, 5.74) is 10.3. The highest BCUT2D eigenvalue weighted by molar-refractivity contribution is 5.91. The van der Waals surface area contributed by atoms with Gasteiger partial charge in [0.25, 0.3) is 0 Å². The van der Waals surface area contributed by atoms with Crippen LogP contribution in [0.2, 0.25) is 0 Å². The van der Waals surface area contributed by atoms with Crippen molar-refractivity contribution in [2.75, 3.05) is 13.7 Å². The minimum Gasteiger partial charge on any atom is -0.495 e. The van der Waals surface area contributed by atoms with Crippen LogP contribution < -0.4 is 10.5 Å². The van der Waals surface area contributed by atoms with E-state index in [0.717, 1.165) is 12.3 Å². The first kappa shape index (κ1) is 13.5. The lowest BCUT2D eigenvalue weighted by Crippen LogP contribution is -2.32. The smallest absolute Gasteiger partial charge is 0.143 e. The summed E-state index contributed by atoms with van der Waals surface area (Å²) in [4.78, 5) is 0. The number of benzene rings is 1. The summed E-state index contributed by atoms with van der Waals surface area (Å²) in [6, 6.07) is 6.34. The molecule has 3 nitrogen and oxygen atoms in total. The molecule has 0 spiro atoms. The van der Waals surface area contributed by atoms with Gasteiger partial charge in [0.2, 0.25) is 0 Å². The van der Waals surface area contributed by atoms with Crippen molar-refractivity contribution in [1.82, 2.24) is 4.57 Å². The summed E-state index contributed by atoms with van der Waals surface area (Å²) in [6.45, 7) is 2.95. The number of nitrogens with zero attached hydrogens (tertiary/aromatic N) is 1. The van der Waals surface area contributed by atoms with Crippen molar-refractivity contribution in [3.63, 3.8) is 0 Å². The SMILES string of the molecule is COc1cccc2c(C3(CN)CCCC3)c(C)n(C)c12. The van der Waals surface area contributed by atoms with E-state index in [1.165, 1.54) is 47.8 Å². The van der Waals surface area contributed by atoms with Crippen LogP contribution in [0.5, 0.6) is 5.75 Å². The van der Waals surface area contributed by atoms with Crippen LogP contribution in [-0.4, -0.2) is 18.2 Å². The van der Waals surface area contributed by atoms with E-state index in [1.54, 1.807) is 7.11 Å². The van der Waals surface area contributed by atoms with Gasteiger partial charge in [0, 0.05) is 30.1 Å². The summed E-state index contributed by atoms with van der Waals surface area (Å²) in [6.07, 6.45) is 5.00. The Hall–Kier alpha value is -1.48. The van der Waals surface area contributed by atoms with E-state index in [4.69, 9.17) is 10.5 Å². The van der Waals surface area contributed by atoms with E-state index < -0.39 is 0 Å². The first-order valence-electron chi connectivity index (χ1n) is 7.47. The van der Waals surface area contributed by atoms with Crippen molar-refractivity contribution in [2.45, 2.75) is 38.0 Å². The highest BCUT2D eigenvalue weighted by Gasteiger charge is 2.38. The molecule has 20 heavy (non-hydrogen) atoms. The maximum Gasteiger partial charge on any atom is 0.143 e. The number of ether oxygens (including phenoxy) is 1. The standard InChI is InChI=1S/C17H24N2O/c1-12-15(17(11-18)9-4-5-10-17)13-7-6-8-14(20-3)16(13)19(12)2/h6-8H,4-5,9-11,18H2,1-3H3. The highest BCUT2D eigenvalue weighted by atomic mass is 16.5. The zero-order chi connectivity index (χ0) is 14.3. The molecule has 0 radical (unpaired) electrons. The van der Waals surface area contributed by atoms with E-state index in [0.29, 0.717) is 0 Å². The average molecular weight is 272 g/mol. The lowest BCUT2D eigenvalue weighted by molar-refractivity contribution is 0.418. The number of para-hydroxylation sites is 1. The molecule has 1 aromatic heterocycles. The average Bonchev–Trinajstić information content (AvgIpc) is 3.04. The monoisotopic (exact) mass is 272 g/mol. The number of rotatable bonds is 3. The number of nitrogens with two attached hydrogens (primary N) is 1. The minimum absolute atomic E-state index is 0.163. The fraction of sp³-hybridized carbons (Fsp3) is 0.529. The molecule has 1 aliphatic rings. The first-order chi connectivity index (χ1) is 9.64. The fourth-order valence-corrected chi connectivity index (χ4v) is 4.04. The summed E-state index contributed by atoms with van der Waals surface area (Å²) in [5.74, 6) is 0.949. The van der Waals surface area contributed by atoms with Gasteiger partial charge in [-0.3, -0.25) is 0 Å². The molecule has 1 aromatic carbocycles. The number of methoxy groups -OCH3 is 1. The topological polar surface area (TPSA) is 40.2 Å². The predicted octanol–water partition coefficient (Wildman–Crippen LogP) is 3.27. The highest BCUT2D eigenvalue weighted by Crippen LogP contribution is 2.46. The third-order valence-electron chi connectivity index (χ3n) is 5.17. The second kappa shape index (κ2) is 4.81. The van der Waals surface area contributed by atoms with E-state index >= 15 is 0 Å². The zero-order valence-electron chi connectivity index (χ0n) is 12.7. The Kier molecular flexibility index (Phi) is 3.25. The maximum atomic E-state index is 6.20. The molecule has 2 N–H and O–H groups in total. The Morgan fingerprint density at radius 1 is 1.30 bits per heavy atom. The van der Waals surface area contributed by atoms with Crippen LogP contribution in [0.15, 0.2) is 18.2 Å². The minimum atomic E-state index is 0.163. The molecule has 0 atom stereocenters. The predicted molar refractivity (Wildman–Crippen MR) is 83.4 cm³/mol. The second-order valence-corrected chi connectivity index (χ2v) is 6.07. The maximum absolute atomic E-state index is 6.20. The molecule has 2 aromatic rings. The van der Waals surface area contributed by atoms with Gasteiger partial charge in [-0.15, -0.1) is 0 Å². The zero-order valence-corrected chi connectivity index (χ0v) is 12.7. The Balaban J connectivity index is 2.34. The summed E-state index contributed by atoms with van der Waals surface area (Å²) >= 11 is 0. The van der Waals surface area contributed by atoms with Gasteiger partial charge in [0.05, 0.1) is 12.6 Å². The third kappa shape index (κ3) is 1.69. The van der Waals surface area contributed by atoms with Crippen LogP contribution in [-0.2, 0) is 12.5 Å². The first-order valence-corrected chi connectivity index (χ1v) is 7.47. The van der Waals surface area contributed by atoms with Gasteiger partial charge in [0.1, 0.15) is 5.75 Å². The molecule has 0 unspecified atom stereocenters. The Labute approximate surface area is 120 Å². The number of fused-ring (bicyclic) bond motifs is 1. The number of hydrogen-bond donors (Lipinski definition) is 1. The van der Waals surface area contributed by atoms with Gasteiger partial charge >= 0.3 is 0 Å². The lowest BCUT2D eigenvalue weighted by atomic mass is 9.77. The van der Waals surface area contributed by atoms with Gasteiger partial charge < -0.3 is 15.0 Å². The Morgan fingerprint density at radius 3 is 2.60 bits per heavy atom. The van der Waals surface area contributed by atoms with E-state index in [9.17, 15) is 0 Å². The lowest BCUT2D eigenvalue weighted by Gasteiger charge is -2.28. The van der Waals surface area contributed by atoms with Crippen LogP contribution >= 0.6 is 0 Å². The second-order valence-electron chi connectivity index (χ2n) is 6.07. The molecular weight excluding hydrogens is 248 g/mol. The molecule has 0 bridgehead atoms. The molecule has 0 aliphatic heterocycles. The van der Waals surface area contributed by atoms with E-state index in [2.05, 4.69) is 30.7 Å². The fourth-order valence-electron chi connectivity index (χ4n) is 4.04. The quantitative estimate of drug-likeness (QED) is 0.931. The molecule has 1 heterocycles. The molecule has 3 heteroatoms. The number of hydrogen-bond acceptors (Lipinski definition) is 2. The Bertz CT molecular complexity index is 636. The van der Waals surface area contributed by atoms with Gasteiger partial charge in [0.15, 0.2) is 0 Å². The van der Waals surface area contributed by atoms with E-state index in [1.807, 2.05) is 6.07 Å². The van der Waals surface area contributed by atoms with Crippen molar-refractivity contribution in [2.24, 2.45) is 12.8 Å². The molecule has 1 aliphatic carbocycles. The normalized spacial score (nSPS) is 17.8. The van der Waals surface area contributed by atoms with Gasteiger partial charge in [-0.2, -0.15) is 0 Å². The summed E-state index contributed by atoms with van der Waals surface area (Å²) in [5, 5.41) is 1.32. The largest absolute Gasteiger partial charge is 0.495 e. The van der Waals surface area contributed by atoms with Crippen LogP contribution in [0.1, 0.15) is 36.9 Å². The molecule has 1 fully saturated rings. The molecule has 0 amide bonds. The van der Waals surface area contributed by atoms with Gasteiger partial charge in [-0.1, -0.05) is 25.0 Å². The van der Waals surface area contributed by atoms with Crippen molar-refractivity contribution < 1.29 is 4.74 Å². The molecule has 3 rings (SSSR count). The number of aryl methyl sites for hydroxylation is 1. The van der Waals surface area contributed by atoms with Crippen molar-refractivity contribution in [1.29, 1.82) is 0 Å². The van der Waals surface area contributed by atoms with Gasteiger partial charge in [-0.25, -0.2) is 0 Å². The van der Waals surface area contributed by atoms with Gasteiger partial charge in [-0.05, 0) is 31.4 Å². The molecule has 1 saturated carbocycles. The molecular formula is C17H24N2O. The molecule has 108 valence electrons. The summed E-state index contributed by atoms with van der Waals surface area (Å²) < 4.78 is 7.82. The Morgan fingerprint density at radius 2 is 2.00 bits per heavy atom. The summed E-state index contributed by atoms with van der Waals surface area (Å²) in [7, 11) is 3.87. The van der Waals surface area contributed by atoms with Crippen molar-refractivity contribution >= 4 is 10.9 Å².